The standard InChI is InChI=1S/C15H21FN2O/c1-15(2)8-5-9-17-13(15)14(19)18-10-11-6-3-4-7-12(11)16/h3-4,6-7,13,17H,5,8-10H2,1-2H3,(H,18,19). The van der Waals surface area contributed by atoms with Gasteiger partial charge < -0.3 is 10.6 Å². The summed E-state index contributed by atoms with van der Waals surface area (Å²) in [5.74, 6) is -0.327. The van der Waals surface area contributed by atoms with Crippen LogP contribution >= 0.6 is 0 Å². The van der Waals surface area contributed by atoms with Crippen LogP contribution in [0.15, 0.2) is 24.3 Å². The van der Waals surface area contributed by atoms with Gasteiger partial charge >= 0.3 is 0 Å². The van der Waals surface area contributed by atoms with Crippen LogP contribution in [0.2, 0.25) is 0 Å². The van der Waals surface area contributed by atoms with Gasteiger partial charge in [-0.3, -0.25) is 4.79 Å². The minimum Gasteiger partial charge on any atom is -0.351 e. The number of hydrogen-bond donors (Lipinski definition) is 2. The summed E-state index contributed by atoms with van der Waals surface area (Å²) < 4.78 is 13.5. The summed E-state index contributed by atoms with van der Waals surface area (Å²) in [6.45, 7) is 5.28. The zero-order chi connectivity index (χ0) is 13.9. The molecule has 1 aromatic carbocycles. The average molecular weight is 264 g/mol. The van der Waals surface area contributed by atoms with Crippen molar-refractivity contribution >= 4 is 5.91 Å². The Morgan fingerprint density at radius 2 is 2.21 bits per heavy atom. The van der Waals surface area contributed by atoms with Crippen LogP contribution in [0.1, 0.15) is 32.3 Å². The molecule has 1 atom stereocenters. The van der Waals surface area contributed by atoms with Crippen molar-refractivity contribution in [1.82, 2.24) is 10.6 Å². The van der Waals surface area contributed by atoms with Gasteiger partial charge in [0, 0.05) is 12.1 Å². The third-order valence-electron chi connectivity index (χ3n) is 3.80. The molecule has 19 heavy (non-hydrogen) atoms. The Morgan fingerprint density at radius 3 is 2.89 bits per heavy atom. The summed E-state index contributed by atoms with van der Waals surface area (Å²) in [5.41, 5.74) is 0.460. The van der Waals surface area contributed by atoms with Crippen molar-refractivity contribution in [3.63, 3.8) is 0 Å². The fourth-order valence-electron chi connectivity index (χ4n) is 2.58. The van der Waals surface area contributed by atoms with Gasteiger partial charge in [0.05, 0.1) is 6.04 Å². The summed E-state index contributed by atoms with van der Waals surface area (Å²) in [6, 6.07) is 6.31. The molecule has 1 aromatic rings. The smallest absolute Gasteiger partial charge is 0.237 e. The Labute approximate surface area is 113 Å². The van der Waals surface area contributed by atoms with Crippen LogP contribution in [0.5, 0.6) is 0 Å². The fraction of sp³-hybridized carbons (Fsp3) is 0.533. The minimum atomic E-state index is -0.279. The molecule has 1 aliphatic heterocycles. The lowest BCUT2D eigenvalue weighted by Gasteiger charge is -2.38. The number of piperidine rings is 1. The maximum atomic E-state index is 13.5. The summed E-state index contributed by atoms with van der Waals surface area (Å²) >= 11 is 0. The van der Waals surface area contributed by atoms with E-state index in [1.165, 1.54) is 6.07 Å². The molecule has 2 rings (SSSR count). The molecular formula is C15H21FN2O. The molecule has 1 saturated heterocycles. The lowest BCUT2D eigenvalue weighted by molar-refractivity contribution is -0.126. The molecule has 4 heteroatoms. The third-order valence-corrected chi connectivity index (χ3v) is 3.80. The summed E-state index contributed by atoms with van der Waals surface area (Å²) in [6.07, 6.45) is 2.11. The Kier molecular flexibility index (Phi) is 4.20. The largest absolute Gasteiger partial charge is 0.351 e. The first-order valence-corrected chi connectivity index (χ1v) is 6.75. The molecule has 1 heterocycles. The van der Waals surface area contributed by atoms with E-state index in [-0.39, 0.29) is 29.7 Å². The van der Waals surface area contributed by atoms with Gasteiger partial charge in [-0.15, -0.1) is 0 Å². The van der Waals surface area contributed by atoms with Crippen LogP contribution in [-0.2, 0) is 11.3 Å². The number of amides is 1. The van der Waals surface area contributed by atoms with Crippen molar-refractivity contribution in [3.8, 4) is 0 Å². The molecule has 2 N–H and O–H groups in total. The minimum absolute atomic E-state index is 0.0482. The van der Waals surface area contributed by atoms with Crippen molar-refractivity contribution in [2.75, 3.05) is 6.54 Å². The monoisotopic (exact) mass is 264 g/mol. The maximum Gasteiger partial charge on any atom is 0.237 e. The van der Waals surface area contributed by atoms with Gasteiger partial charge in [0.1, 0.15) is 5.82 Å². The van der Waals surface area contributed by atoms with Crippen molar-refractivity contribution < 1.29 is 9.18 Å². The van der Waals surface area contributed by atoms with E-state index in [0.29, 0.717) is 5.56 Å². The number of halogens is 1. The third kappa shape index (κ3) is 3.32. The van der Waals surface area contributed by atoms with Gasteiger partial charge in [0.25, 0.3) is 0 Å². The average Bonchev–Trinajstić information content (AvgIpc) is 2.37. The van der Waals surface area contributed by atoms with Crippen molar-refractivity contribution in [3.05, 3.63) is 35.6 Å². The molecule has 0 bridgehead atoms. The summed E-state index contributed by atoms with van der Waals surface area (Å²) in [5, 5.41) is 6.08. The fourth-order valence-corrected chi connectivity index (χ4v) is 2.58. The van der Waals surface area contributed by atoms with Crippen LogP contribution < -0.4 is 10.6 Å². The number of carbonyl (C=O) groups is 1. The quantitative estimate of drug-likeness (QED) is 0.879. The van der Waals surface area contributed by atoms with Crippen LogP contribution in [-0.4, -0.2) is 18.5 Å². The normalized spacial score (nSPS) is 21.9. The second-order valence-electron chi connectivity index (χ2n) is 5.79. The molecular weight excluding hydrogens is 243 g/mol. The van der Waals surface area contributed by atoms with Gasteiger partial charge in [0.2, 0.25) is 5.91 Å². The number of benzene rings is 1. The highest BCUT2D eigenvalue weighted by Crippen LogP contribution is 2.30. The second-order valence-corrected chi connectivity index (χ2v) is 5.79. The number of nitrogens with one attached hydrogen (secondary N) is 2. The molecule has 1 fully saturated rings. The molecule has 3 nitrogen and oxygen atoms in total. The Morgan fingerprint density at radius 1 is 1.47 bits per heavy atom. The van der Waals surface area contributed by atoms with Gasteiger partial charge in [-0.05, 0) is 30.9 Å². The van der Waals surface area contributed by atoms with Gasteiger partial charge in [0.15, 0.2) is 0 Å². The van der Waals surface area contributed by atoms with Crippen LogP contribution in [0.25, 0.3) is 0 Å². The summed E-state index contributed by atoms with van der Waals surface area (Å²) in [4.78, 5) is 12.2. The molecule has 0 spiro atoms. The second kappa shape index (κ2) is 5.70. The Balaban J connectivity index is 1.96. The SMILES string of the molecule is CC1(C)CCCNC1C(=O)NCc1ccccc1F. The highest BCUT2D eigenvalue weighted by Gasteiger charge is 2.36. The van der Waals surface area contributed by atoms with E-state index in [0.717, 1.165) is 19.4 Å². The van der Waals surface area contributed by atoms with Gasteiger partial charge in [-0.25, -0.2) is 4.39 Å². The zero-order valence-corrected chi connectivity index (χ0v) is 11.5. The van der Waals surface area contributed by atoms with Crippen molar-refractivity contribution in [2.24, 2.45) is 5.41 Å². The van der Waals surface area contributed by atoms with E-state index in [2.05, 4.69) is 24.5 Å². The van der Waals surface area contributed by atoms with E-state index in [9.17, 15) is 9.18 Å². The molecule has 1 unspecified atom stereocenters. The van der Waals surface area contributed by atoms with Gasteiger partial charge in [-0.1, -0.05) is 32.0 Å². The van der Waals surface area contributed by atoms with E-state index in [1.54, 1.807) is 18.2 Å². The summed E-state index contributed by atoms with van der Waals surface area (Å²) in [7, 11) is 0. The topological polar surface area (TPSA) is 41.1 Å². The number of hydrogen-bond acceptors (Lipinski definition) is 2. The first-order chi connectivity index (χ1) is 9.00. The highest BCUT2D eigenvalue weighted by molar-refractivity contribution is 5.82. The van der Waals surface area contributed by atoms with Crippen LogP contribution in [0.4, 0.5) is 4.39 Å². The Hall–Kier alpha value is -1.42. The molecule has 0 radical (unpaired) electrons. The molecule has 1 amide bonds. The van der Waals surface area contributed by atoms with Gasteiger partial charge in [-0.2, -0.15) is 0 Å². The van der Waals surface area contributed by atoms with Crippen LogP contribution in [0.3, 0.4) is 0 Å². The highest BCUT2D eigenvalue weighted by atomic mass is 19.1. The van der Waals surface area contributed by atoms with Crippen molar-refractivity contribution in [1.29, 1.82) is 0 Å². The molecule has 1 aliphatic rings. The first kappa shape index (κ1) is 14.0. The zero-order valence-electron chi connectivity index (χ0n) is 11.5. The number of carbonyl (C=O) groups excluding carboxylic acids is 1. The predicted molar refractivity (Wildman–Crippen MR) is 73.1 cm³/mol. The Bertz CT molecular complexity index is 459. The van der Waals surface area contributed by atoms with Crippen LogP contribution in [0, 0.1) is 11.2 Å². The maximum absolute atomic E-state index is 13.5. The molecule has 104 valence electrons. The molecule has 0 aromatic heterocycles. The molecule has 0 aliphatic carbocycles. The van der Waals surface area contributed by atoms with E-state index < -0.39 is 0 Å². The molecule has 0 saturated carbocycles. The predicted octanol–water partition coefficient (Wildman–Crippen LogP) is 2.22. The lowest BCUT2D eigenvalue weighted by atomic mass is 9.77. The van der Waals surface area contributed by atoms with E-state index in [4.69, 9.17) is 0 Å². The van der Waals surface area contributed by atoms with E-state index >= 15 is 0 Å². The first-order valence-electron chi connectivity index (χ1n) is 6.75. The lowest BCUT2D eigenvalue weighted by Crippen LogP contribution is -2.55. The number of rotatable bonds is 3. The van der Waals surface area contributed by atoms with E-state index in [1.807, 2.05) is 0 Å². The van der Waals surface area contributed by atoms with Crippen molar-refractivity contribution in [2.45, 2.75) is 39.3 Å².